The average molecular weight is 427 g/mol. The van der Waals surface area contributed by atoms with Gasteiger partial charge in [-0.25, -0.2) is 0 Å². The monoisotopic (exact) mass is 425 g/mol. The highest BCUT2D eigenvalue weighted by Crippen LogP contribution is 2.27. The van der Waals surface area contributed by atoms with Gasteiger partial charge in [-0.15, -0.1) is 0 Å². The van der Waals surface area contributed by atoms with E-state index < -0.39 is 0 Å². The molecule has 0 heterocycles. The molecule has 0 aliphatic heterocycles. The molecule has 0 saturated carbocycles. The van der Waals surface area contributed by atoms with Gasteiger partial charge in [0.1, 0.15) is 12.4 Å². The van der Waals surface area contributed by atoms with Crippen molar-refractivity contribution in [2.24, 2.45) is 0 Å². The molecule has 3 aromatic carbocycles. The van der Waals surface area contributed by atoms with Gasteiger partial charge in [0.05, 0.1) is 0 Å². The molecule has 0 aromatic heterocycles. The fourth-order valence-corrected chi connectivity index (χ4v) is 3.40. The molecule has 3 aromatic rings. The highest BCUT2D eigenvalue weighted by Gasteiger charge is 2.07. The summed E-state index contributed by atoms with van der Waals surface area (Å²) in [5.41, 5.74) is 2.74. The minimum absolute atomic E-state index is 0.415. The molecule has 0 spiro atoms. The number of benzene rings is 3. The van der Waals surface area contributed by atoms with Crippen LogP contribution < -0.4 is 10.1 Å². The Hall–Kier alpha value is -1.58. The summed E-state index contributed by atoms with van der Waals surface area (Å²) in [6.45, 7) is 0.931. The fourth-order valence-electron chi connectivity index (χ4n) is 2.47. The van der Waals surface area contributed by atoms with Crippen LogP contribution in [0.5, 0.6) is 5.75 Å². The third-order valence-electron chi connectivity index (χ3n) is 3.65. The molecule has 0 fully saturated rings. The Morgan fingerprint density at radius 2 is 1.46 bits per heavy atom. The van der Waals surface area contributed by atoms with E-state index in [9.17, 15) is 0 Å². The molecule has 0 radical (unpaired) electrons. The molecule has 3 rings (SSSR count). The lowest BCUT2D eigenvalue weighted by molar-refractivity contribution is 0.303. The summed E-state index contributed by atoms with van der Waals surface area (Å²) in [5.74, 6) is 0.745. The van der Waals surface area contributed by atoms with Gasteiger partial charge in [-0.3, -0.25) is 0 Å². The van der Waals surface area contributed by atoms with Gasteiger partial charge in [-0.2, -0.15) is 0 Å². The van der Waals surface area contributed by atoms with Crippen molar-refractivity contribution in [1.82, 2.24) is 0 Å². The Balaban J connectivity index is 1.73. The van der Waals surface area contributed by atoms with Gasteiger partial charge < -0.3 is 10.1 Å². The summed E-state index contributed by atoms with van der Waals surface area (Å²) in [6, 6.07) is 18.4. The Labute approximate surface area is 172 Å². The molecule has 2 nitrogen and oxygen atoms in total. The maximum absolute atomic E-state index is 6.14. The molecular weight excluding hydrogens is 412 g/mol. The van der Waals surface area contributed by atoms with Crippen LogP contribution in [0, 0.1) is 0 Å². The number of rotatable bonds is 6. The SMILES string of the molecule is Clc1cccc(COc2ccc(Cl)cc2CNc2cc(Cl)cc(Cl)c2)c1. The van der Waals surface area contributed by atoms with Gasteiger partial charge >= 0.3 is 0 Å². The first kappa shape index (κ1) is 19.2. The van der Waals surface area contributed by atoms with E-state index in [1.807, 2.05) is 48.5 Å². The Morgan fingerprint density at radius 1 is 0.731 bits per heavy atom. The number of halogens is 4. The highest BCUT2D eigenvalue weighted by molar-refractivity contribution is 6.35. The van der Waals surface area contributed by atoms with Gasteiger partial charge in [0.2, 0.25) is 0 Å². The van der Waals surface area contributed by atoms with Crippen LogP contribution in [-0.4, -0.2) is 0 Å². The van der Waals surface area contributed by atoms with E-state index in [-0.39, 0.29) is 0 Å². The second-order valence-corrected chi connectivity index (χ2v) is 7.43. The molecule has 26 heavy (non-hydrogen) atoms. The first-order valence-corrected chi connectivity index (χ1v) is 9.36. The van der Waals surface area contributed by atoms with Crippen molar-refractivity contribution >= 4 is 52.1 Å². The molecule has 0 saturated heterocycles. The zero-order valence-electron chi connectivity index (χ0n) is 13.6. The lowest BCUT2D eigenvalue weighted by atomic mass is 10.2. The molecule has 0 aliphatic carbocycles. The zero-order valence-corrected chi connectivity index (χ0v) is 16.6. The zero-order chi connectivity index (χ0) is 18.5. The number of ether oxygens (including phenoxy) is 1. The van der Waals surface area contributed by atoms with Crippen molar-refractivity contribution in [2.75, 3.05) is 5.32 Å². The normalized spacial score (nSPS) is 10.6. The van der Waals surface area contributed by atoms with Gasteiger partial charge in [0, 0.05) is 37.9 Å². The van der Waals surface area contributed by atoms with Crippen molar-refractivity contribution in [2.45, 2.75) is 13.2 Å². The first-order valence-electron chi connectivity index (χ1n) is 7.85. The molecule has 0 atom stereocenters. The summed E-state index contributed by atoms with van der Waals surface area (Å²) in [7, 11) is 0. The largest absolute Gasteiger partial charge is 0.489 e. The maximum atomic E-state index is 6.14. The fraction of sp³-hybridized carbons (Fsp3) is 0.100. The second-order valence-electron chi connectivity index (χ2n) is 5.68. The summed E-state index contributed by atoms with van der Waals surface area (Å²) in [6.07, 6.45) is 0. The minimum atomic E-state index is 0.415. The number of anilines is 1. The third kappa shape index (κ3) is 5.46. The predicted octanol–water partition coefficient (Wildman–Crippen LogP) is 7.49. The lowest BCUT2D eigenvalue weighted by Gasteiger charge is -2.14. The van der Waals surface area contributed by atoms with Crippen LogP contribution in [0.4, 0.5) is 5.69 Å². The van der Waals surface area contributed by atoms with Crippen LogP contribution in [-0.2, 0) is 13.2 Å². The van der Waals surface area contributed by atoms with E-state index in [4.69, 9.17) is 51.1 Å². The Morgan fingerprint density at radius 3 is 2.19 bits per heavy atom. The molecule has 0 bridgehead atoms. The van der Waals surface area contributed by atoms with Crippen molar-refractivity contribution in [3.05, 3.63) is 91.9 Å². The Kier molecular flexibility index (Phi) is 6.55. The molecule has 0 unspecified atom stereocenters. The summed E-state index contributed by atoms with van der Waals surface area (Å²) >= 11 is 24.2. The molecule has 0 aliphatic rings. The average Bonchev–Trinajstić information content (AvgIpc) is 2.58. The van der Waals surface area contributed by atoms with E-state index in [1.54, 1.807) is 12.1 Å². The number of nitrogens with one attached hydrogen (secondary N) is 1. The van der Waals surface area contributed by atoms with Crippen LogP contribution in [0.15, 0.2) is 60.7 Å². The lowest BCUT2D eigenvalue weighted by Crippen LogP contribution is -2.04. The van der Waals surface area contributed by atoms with Gasteiger partial charge in [0.15, 0.2) is 0 Å². The van der Waals surface area contributed by atoms with Crippen LogP contribution >= 0.6 is 46.4 Å². The van der Waals surface area contributed by atoms with E-state index in [2.05, 4.69) is 5.32 Å². The molecule has 6 heteroatoms. The van der Waals surface area contributed by atoms with E-state index >= 15 is 0 Å². The van der Waals surface area contributed by atoms with Gasteiger partial charge in [-0.1, -0.05) is 58.5 Å². The molecular formula is C20H15Cl4NO. The van der Waals surface area contributed by atoms with E-state index in [0.29, 0.717) is 33.2 Å². The van der Waals surface area contributed by atoms with Crippen LogP contribution in [0.3, 0.4) is 0 Å². The smallest absolute Gasteiger partial charge is 0.124 e. The van der Waals surface area contributed by atoms with Gasteiger partial charge in [0.25, 0.3) is 0 Å². The van der Waals surface area contributed by atoms with Crippen molar-refractivity contribution in [1.29, 1.82) is 0 Å². The van der Waals surface area contributed by atoms with Crippen LogP contribution in [0.25, 0.3) is 0 Å². The van der Waals surface area contributed by atoms with Crippen LogP contribution in [0.1, 0.15) is 11.1 Å². The van der Waals surface area contributed by atoms with Gasteiger partial charge in [-0.05, 0) is 54.1 Å². The van der Waals surface area contributed by atoms with Crippen molar-refractivity contribution in [3.8, 4) is 5.75 Å². The first-order chi connectivity index (χ1) is 12.5. The summed E-state index contributed by atoms with van der Waals surface area (Å²) < 4.78 is 5.96. The second kappa shape index (κ2) is 8.88. The van der Waals surface area contributed by atoms with Crippen LogP contribution in [0.2, 0.25) is 20.1 Å². The number of hydrogen-bond acceptors (Lipinski definition) is 2. The predicted molar refractivity (Wildman–Crippen MR) is 111 cm³/mol. The summed E-state index contributed by atoms with van der Waals surface area (Å²) in [4.78, 5) is 0. The molecule has 0 amide bonds. The molecule has 1 N–H and O–H groups in total. The molecule has 134 valence electrons. The maximum Gasteiger partial charge on any atom is 0.124 e. The standard InChI is InChI=1S/C20H15Cl4NO/c21-15-3-1-2-13(6-15)12-26-20-5-4-16(22)7-14(20)11-25-19-9-17(23)8-18(24)10-19/h1-10,25H,11-12H2. The topological polar surface area (TPSA) is 21.3 Å². The third-order valence-corrected chi connectivity index (χ3v) is 4.56. The quantitative estimate of drug-likeness (QED) is 0.440. The van der Waals surface area contributed by atoms with E-state index in [0.717, 1.165) is 22.6 Å². The minimum Gasteiger partial charge on any atom is -0.489 e. The van der Waals surface area contributed by atoms with Crippen molar-refractivity contribution < 1.29 is 4.74 Å². The summed E-state index contributed by atoms with van der Waals surface area (Å²) in [5, 5.41) is 5.76. The Bertz CT molecular complexity index is 894. The highest BCUT2D eigenvalue weighted by atomic mass is 35.5. The van der Waals surface area contributed by atoms with E-state index in [1.165, 1.54) is 0 Å². The number of hydrogen-bond donors (Lipinski definition) is 1. The van der Waals surface area contributed by atoms with Crippen molar-refractivity contribution in [3.63, 3.8) is 0 Å².